The highest BCUT2D eigenvalue weighted by molar-refractivity contribution is 5.28. The molecule has 0 spiro atoms. The van der Waals surface area contributed by atoms with E-state index in [-0.39, 0.29) is 0 Å². The number of nitrogens with zero attached hydrogens (tertiary/aromatic N) is 3. The first-order valence-corrected chi connectivity index (χ1v) is 7.09. The van der Waals surface area contributed by atoms with E-state index < -0.39 is 0 Å². The molecular weight excluding hydrogens is 236 g/mol. The zero-order valence-corrected chi connectivity index (χ0v) is 11.3. The molecule has 4 heteroatoms. The summed E-state index contributed by atoms with van der Waals surface area (Å²) < 4.78 is 0. The number of para-hydroxylation sites is 1. The lowest BCUT2D eigenvalue weighted by Crippen LogP contribution is -2.24. The zero-order chi connectivity index (χ0) is 13.1. The van der Waals surface area contributed by atoms with Crippen LogP contribution in [0.4, 0.5) is 0 Å². The molecule has 1 N–H and O–H groups in total. The molecule has 0 bridgehead atoms. The third-order valence-corrected chi connectivity index (χ3v) is 3.52. The van der Waals surface area contributed by atoms with E-state index in [1.807, 2.05) is 36.5 Å². The standard InChI is InChI=1S/C15H20N4/c1-2-10-16-15(12-8-9-12)14-11-17-19(18-14)13-6-4-3-5-7-13/h3-7,11-12,15-16H,2,8-10H2,1H3. The van der Waals surface area contributed by atoms with Crippen LogP contribution in [0, 0.1) is 5.92 Å². The molecule has 0 amide bonds. The molecule has 0 aliphatic heterocycles. The largest absolute Gasteiger partial charge is 0.308 e. The second kappa shape index (κ2) is 5.53. The van der Waals surface area contributed by atoms with Crippen LogP contribution >= 0.6 is 0 Å². The van der Waals surface area contributed by atoms with E-state index in [4.69, 9.17) is 0 Å². The van der Waals surface area contributed by atoms with Gasteiger partial charge in [-0.2, -0.15) is 15.0 Å². The summed E-state index contributed by atoms with van der Waals surface area (Å²) in [7, 11) is 0. The molecule has 100 valence electrons. The Morgan fingerprint density at radius 2 is 2.11 bits per heavy atom. The normalized spacial score (nSPS) is 16.5. The highest BCUT2D eigenvalue weighted by atomic mass is 15.5. The van der Waals surface area contributed by atoms with Gasteiger partial charge in [0, 0.05) is 0 Å². The SMILES string of the molecule is CCCNC(c1cnn(-c2ccccc2)n1)C1CC1. The van der Waals surface area contributed by atoms with Crippen LogP contribution in [0.1, 0.15) is 37.9 Å². The average Bonchev–Trinajstić information content (AvgIpc) is 3.17. The van der Waals surface area contributed by atoms with Crippen LogP contribution in [-0.4, -0.2) is 21.5 Å². The van der Waals surface area contributed by atoms with Crippen molar-refractivity contribution >= 4 is 0 Å². The van der Waals surface area contributed by atoms with Crippen molar-refractivity contribution in [3.05, 3.63) is 42.2 Å². The first-order chi connectivity index (χ1) is 9.38. The molecule has 1 heterocycles. The summed E-state index contributed by atoms with van der Waals surface area (Å²) in [6.45, 7) is 3.23. The third kappa shape index (κ3) is 2.84. The average molecular weight is 256 g/mol. The van der Waals surface area contributed by atoms with Gasteiger partial charge in [-0.15, -0.1) is 0 Å². The van der Waals surface area contributed by atoms with Crippen molar-refractivity contribution in [1.29, 1.82) is 0 Å². The van der Waals surface area contributed by atoms with Gasteiger partial charge in [0.25, 0.3) is 0 Å². The van der Waals surface area contributed by atoms with Gasteiger partial charge >= 0.3 is 0 Å². The Balaban J connectivity index is 1.79. The molecule has 1 aromatic carbocycles. The Morgan fingerprint density at radius 3 is 2.79 bits per heavy atom. The zero-order valence-electron chi connectivity index (χ0n) is 11.3. The number of aromatic nitrogens is 3. The van der Waals surface area contributed by atoms with Crippen LogP contribution in [0.5, 0.6) is 0 Å². The number of nitrogens with one attached hydrogen (secondary N) is 1. The second-order valence-corrected chi connectivity index (χ2v) is 5.16. The van der Waals surface area contributed by atoms with Gasteiger partial charge in [0.2, 0.25) is 0 Å². The molecule has 1 fully saturated rings. The first-order valence-electron chi connectivity index (χ1n) is 7.09. The summed E-state index contributed by atoms with van der Waals surface area (Å²) in [6.07, 6.45) is 5.66. The van der Waals surface area contributed by atoms with Crippen molar-refractivity contribution in [3.8, 4) is 5.69 Å². The van der Waals surface area contributed by atoms with E-state index in [9.17, 15) is 0 Å². The molecule has 1 aromatic heterocycles. The van der Waals surface area contributed by atoms with Crippen molar-refractivity contribution in [3.63, 3.8) is 0 Å². The first kappa shape index (κ1) is 12.4. The maximum atomic E-state index is 4.64. The van der Waals surface area contributed by atoms with Gasteiger partial charge < -0.3 is 5.32 Å². The molecule has 1 atom stereocenters. The summed E-state index contributed by atoms with van der Waals surface area (Å²) in [5.74, 6) is 0.743. The van der Waals surface area contributed by atoms with E-state index in [2.05, 4.69) is 22.4 Å². The maximum Gasteiger partial charge on any atom is 0.100 e. The van der Waals surface area contributed by atoms with E-state index in [1.165, 1.54) is 12.8 Å². The van der Waals surface area contributed by atoms with Gasteiger partial charge in [-0.3, -0.25) is 0 Å². The monoisotopic (exact) mass is 256 g/mol. The molecule has 1 aliphatic carbocycles. The van der Waals surface area contributed by atoms with Crippen LogP contribution in [0.15, 0.2) is 36.5 Å². The summed E-state index contributed by atoms with van der Waals surface area (Å²) in [4.78, 5) is 1.72. The van der Waals surface area contributed by atoms with E-state index in [0.717, 1.165) is 30.3 Å². The highest BCUT2D eigenvalue weighted by Gasteiger charge is 2.33. The van der Waals surface area contributed by atoms with Crippen molar-refractivity contribution < 1.29 is 0 Å². The molecule has 2 aromatic rings. The van der Waals surface area contributed by atoms with Crippen LogP contribution in [-0.2, 0) is 0 Å². The van der Waals surface area contributed by atoms with Crippen molar-refractivity contribution in [2.75, 3.05) is 6.54 Å². The molecule has 0 radical (unpaired) electrons. The summed E-state index contributed by atoms with van der Waals surface area (Å²) >= 11 is 0. The van der Waals surface area contributed by atoms with Gasteiger partial charge in [0.1, 0.15) is 5.69 Å². The Bertz CT molecular complexity index is 516. The number of hydrogen-bond acceptors (Lipinski definition) is 3. The topological polar surface area (TPSA) is 42.7 Å². The fraction of sp³-hybridized carbons (Fsp3) is 0.467. The predicted molar refractivity (Wildman–Crippen MR) is 75.1 cm³/mol. The second-order valence-electron chi connectivity index (χ2n) is 5.16. The van der Waals surface area contributed by atoms with E-state index in [0.29, 0.717) is 6.04 Å². The Hall–Kier alpha value is -1.68. The minimum Gasteiger partial charge on any atom is -0.308 e. The minimum absolute atomic E-state index is 0.373. The van der Waals surface area contributed by atoms with Gasteiger partial charge in [0.05, 0.1) is 17.9 Å². The lowest BCUT2D eigenvalue weighted by atomic mass is 10.1. The molecular formula is C15H20N4. The van der Waals surface area contributed by atoms with Gasteiger partial charge in [-0.05, 0) is 43.9 Å². The fourth-order valence-corrected chi connectivity index (χ4v) is 2.35. The summed E-state index contributed by atoms with van der Waals surface area (Å²) in [5, 5.41) is 12.6. The quantitative estimate of drug-likeness (QED) is 0.864. The smallest absolute Gasteiger partial charge is 0.100 e. The molecule has 3 rings (SSSR count). The summed E-state index contributed by atoms with van der Waals surface area (Å²) in [5.41, 5.74) is 2.08. The van der Waals surface area contributed by atoms with Crippen LogP contribution in [0.25, 0.3) is 5.69 Å². The predicted octanol–water partition coefficient (Wildman–Crippen LogP) is 2.72. The van der Waals surface area contributed by atoms with Crippen molar-refractivity contribution in [2.24, 2.45) is 5.92 Å². The van der Waals surface area contributed by atoms with E-state index in [1.54, 1.807) is 4.80 Å². The summed E-state index contributed by atoms with van der Waals surface area (Å²) in [6, 6.07) is 10.4. The number of hydrogen-bond donors (Lipinski definition) is 1. The van der Waals surface area contributed by atoms with E-state index >= 15 is 0 Å². The Labute approximate surface area is 113 Å². The van der Waals surface area contributed by atoms with Crippen LogP contribution in [0.2, 0.25) is 0 Å². The lowest BCUT2D eigenvalue weighted by Gasteiger charge is -2.14. The molecule has 4 nitrogen and oxygen atoms in total. The lowest BCUT2D eigenvalue weighted by molar-refractivity contribution is 0.467. The molecule has 1 saturated carbocycles. The van der Waals surface area contributed by atoms with Crippen molar-refractivity contribution in [1.82, 2.24) is 20.3 Å². The van der Waals surface area contributed by atoms with Gasteiger partial charge in [-0.1, -0.05) is 25.1 Å². The van der Waals surface area contributed by atoms with Gasteiger partial charge in [-0.25, -0.2) is 0 Å². The molecule has 19 heavy (non-hydrogen) atoms. The Kier molecular flexibility index (Phi) is 3.60. The maximum absolute atomic E-state index is 4.64. The fourth-order valence-electron chi connectivity index (χ4n) is 2.35. The molecule has 0 saturated heterocycles. The van der Waals surface area contributed by atoms with Gasteiger partial charge in [0.15, 0.2) is 0 Å². The van der Waals surface area contributed by atoms with Crippen LogP contribution in [0.3, 0.4) is 0 Å². The minimum atomic E-state index is 0.373. The molecule has 1 aliphatic rings. The highest BCUT2D eigenvalue weighted by Crippen LogP contribution is 2.40. The number of benzene rings is 1. The molecule has 1 unspecified atom stereocenters. The van der Waals surface area contributed by atoms with Crippen molar-refractivity contribution in [2.45, 2.75) is 32.2 Å². The number of rotatable bonds is 6. The third-order valence-electron chi connectivity index (χ3n) is 3.52. The van der Waals surface area contributed by atoms with Crippen LogP contribution < -0.4 is 5.32 Å². The Morgan fingerprint density at radius 1 is 1.32 bits per heavy atom.